The van der Waals surface area contributed by atoms with Crippen molar-refractivity contribution in [1.29, 1.82) is 0 Å². The Balaban J connectivity index is 3.10. The van der Waals surface area contributed by atoms with Gasteiger partial charge in [-0.3, -0.25) is 0 Å². The van der Waals surface area contributed by atoms with E-state index in [1.165, 1.54) is 6.07 Å². The zero-order chi connectivity index (χ0) is 9.84. The van der Waals surface area contributed by atoms with Gasteiger partial charge in [-0.05, 0) is 30.7 Å². The van der Waals surface area contributed by atoms with E-state index >= 15 is 0 Å². The second-order valence-corrected chi connectivity index (χ2v) is 2.73. The van der Waals surface area contributed by atoms with Crippen LogP contribution < -0.4 is 4.74 Å². The average molecular weight is 179 g/mol. The summed E-state index contributed by atoms with van der Waals surface area (Å²) in [6.07, 6.45) is 1.60. The second kappa shape index (κ2) is 4.08. The number of allylic oxidation sites excluding steroid dienone is 1. The van der Waals surface area contributed by atoms with Crippen molar-refractivity contribution in [3.8, 4) is 5.75 Å². The molecule has 0 amide bonds. The van der Waals surface area contributed by atoms with Crippen LogP contribution in [-0.4, -0.2) is 7.11 Å². The number of halogens is 1. The molecular weight excluding hydrogens is 167 g/mol. The van der Waals surface area contributed by atoms with E-state index in [0.29, 0.717) is 11.3 Å². The number of ether oxygens (including phenoxy) is 1. The van der Waals surface area contributed by atoms with Gasteiger partial charge in [-0.25, -0.2) is 4.39 Å². The molecule has 1 unspecified atom stereocenters. The lowest BCUT2D eigenvalue weighted by Crippen LogP contribution is -1.95. The lowest BCUT2D eigenvalue weighted by molar-refractivity contribution is 0.412. The Hall–Kier alpha value is -1.31. The highest BCUT2D eigenvalue weighted by molar-refractivity contribution is 5.34. The van der Waals surface area contributed by atoms with Gasteiger partial charge in [-0.15, -0.1) is 6.58 Å². The Morgan fingerprint density at radius 2 is 2.23 bits per heavy atom. The lowest BCUT2D eigenvalue weighted by Gasteiger charge is -2.09. The molecule has 0 bridgehead atoms. The average Bonchev–Trinajstić information content (AvgIpc) is 2.17. The molecule has 1 aromatic carbocycles. The van der Waals surface area contributed by atoms with Gasteiger partial charge in [0.2, 0.25) is 0 Å². The van der Waals surface area contributed by atoms with Gasteiger partial charge in [-0.2, -0.15) is 0 Å². The van der Waals surface area contributed by atoms with Crippen LogP contribution in [0.1, 0.15) is 11.5 Å². The maximum atomic E-state index is 13.2. The Bertz CT molecular complexity index is 307. The fourth-order valence-corrected chi connectivity index (χ4v) is 1.06. The minimum Gasteiger partial charge on any atom is -0.497 e. The highest BCUT2D eigenvalue weighted by Crippen LogP contribution is 2.23. The molecule has 13 heavy (non-hydrogen) atoms. The molecule has 0 aliphatic heterocycles. The van der Waals surface area contributed by atoms with Gasteiger partial charge in [0.1, 0.15) is 11.6 Å². The smallest absolute Gasteiger partial charge is 0.127 e. The highest BCUT2D eigenvalue weighted by Gasteiger charge is 2.08. The molecule has 0 N–H and O–H groups in total. The zero-order valence-corrected chi connectivity index (χ0v) is 7.59. The molecule has 0 heterocycles. The van der Waals surface area contributed by atoms with Crippen molar-refractivity contribution in [2.24, 2.45) is 0 Å². The maximum absolute atomic E-state index is 13.2. The molecule has 0 aliphatic rings. The maximum Gasteiger partial charge on any atom is 0.127 e. The predicted octanol–water partition coefficient (Wildman–Crippen LogP) is 2.94. The summed E-state index contributed by atoms with van der Waals surface area (Å²) in [4.78, 5) is 0. The van der Waals surface area contributed by atoms with Crippen molar-refractivity contribution in [2.45, 2.75) is 5.92 Å². The second-order valence-electron chi connectivity index (χ2n) is 2.73. The van der Waals surface area contributed by atoms with E-state index in [1.54, 1.807) is 25.3 Å². The number of methoxy groups -OCH3 is 1. The van der Waals surface area contributed by atoms with Crippen LogP contribution in [0, 0.1) is 12.7 Å². The monoisotopic (exact) mass is 179 g/mol. The zero-order valence-electron chi connectivity index (χ0n) is 7.59. The van der Waals surface area contributed by atoms with Gasteiger partial charge in [0.15, 0.2) is 0 Å². The predicted molar refractivity (Wildman–Crippen MR) is 51.2 cm³/mol. The molecule has 1 nitrogen and oxygen atoms in total. The van der Waals surface area contributed by atoms with Crippen LogP contribution in [-0.2, 0) is 0 Å². The van der Waals surface area contributed by atoms with Crippen LogP contribution in [0.4, 0.5) is 4.39 Å². The fourth-order valence-electron chi connectivity index (χ4n) is 1.06. The quantitative estimate of drug-likeness (QED) is 0.648. The molecule has 0 saturated heterocycles. The van der Waals surface area contributed by atoms with Crippen LogP contribution >= 0.6 is 0 Å². The molecule has 2 heteroatoms. The molecule has 1 aromatic rings. The van der Waals surface area contributed by atoms with Crippen molar-refractivity contribution in [3.05, 3.63) is 49.2 Å². The van der Waals surface area contributed by atoms with Gasteiger partial charge in [-0.1, -0.05) is 6.08 Å². The molecule has 1 rings (SSSR count). The summed E-state index contributed by atoms with van der Waals surface area (Å²) >= 11 is 0. The molecule has 0 saturated carbocycles. The van der Waals surface area contributed by atoms with Crippen LogP contribution in [0.5, 0.6) is 5.75 Å². The van der Waals surface area contributed by atoms with Crippen molar-refractivity contribution in [3.63, 3.8) is 0 Å². The summed E-state index contributed by atoms with van der Waals surface area (Å²) in [7, 11) is 1.54. The molecule has 1 atom stereocenters. The van der Waals surface area contributed by atoms with Crippen molar-refractivity contribution in [1.82, 2.24) is 0 Å². The van der Waals surface area contributed by atoms with Crippen molar-refractivity contribution in [2.75, 3.05) is 7.11 Å². The summed E-state index contributed by atoms with van der Waals surface area (Å²) in [6.45, 7) is 7.31. The molecule has 69 valence electrons. The van der Waals surface area contributed by atoms with Crippen LogP contribution in [0.15, 0.2) is 30.9 Å². The van der Waals surface area contributed by atoms with Gasteiger partial charge in [0.05, 0.1) is 7.11 Å². The van der Waals surface area contributed by atoms with E-state index < -0.39 is 0 Å². The SMILES string of the molecule is [CH2]C(C=C)c1cc(OC)ccc1F. The first-order valence-corrected chi connectivity index (χ1v) is 3.98. The van der Waals surface area contributed by atoms with Gasteiger partial charge in [0, 0.05) is 5.92 Å². The first kappa shape index (κ1) is 9.78. The summed E-state index contributed by atoms with van der Waals surface area (Å²) in [6, 6.07) is 4.58. The molecule has 0 aromatic heterocycles. The number of hydrogen-bond donors (Lipinski definition) is 0. The fraction of sp³-hybridized carbons (Fsp3) is 0.182. The number of benzene rings is 1. The topological polar surface area (TPSA) is 9.23 Å². The molecule has 0 aliphatic carbocycles. The van der Waals surface area contributed by atoms with Crippen LogP contribution in [0.2, 0.25) is 0 Å². The highest BCUT2D eigenvalue weighted by atomic mass is 19.1. The Labute approximate surface area is 77.8 Å². The third-order valence-electron chi connectivity index (χ3n) is 1.89. The number of hydrogen-bond acceptors (Lipinski definition) is 1. The lowest BCUT2D eigenvalue weighted by atomic mass is 10.0. The summed E-state index contributed by atoms with van der Waals surface area (Å²) < 4.78 is 18.2. The first-order chi connectivity index (χ1) is 6.19. The summed E-state index contributed by atoms with van der Waals surface area (Å²) in [5.41, 5.74) is 0.509. The van der Waals surface area contributed by atoms with Gasteiger partial charge >= 0.3 is 0 Å². The minimum atomic E-state index is -0.277. The standard InChI is InChI=1S/C11H12FO/c1-4-8(2)10-7-9(13-3)5-6-11(10)12/h4-8H,1-2H2,3H3. The molecule has 0 spiro atoms. The van der Waals surface area contributed by atoms with Gasteiger partial charge < -0.3 is 4.74 Å². The Morgan fingerprint density at radius 3 is 2.77 bits per heavy atom. The minimum absolute atomic E-state index is 0.241. The Morgan fingerprint density at radius 1 is 1.54 bits per heavy atom. The van der Waals surface area contributed by atoms with E-state index in [1.807, 2.05) is 0 Å². The third-order valence-corrected chi connectivity index (χ3v) is 1.89. The van der Waals surface area contributed by atoms with E-state index in [-0.39, 0.29) is 11.7 Å². The van der Waals surface area contributed by atoms with Gasteiger partial charge in [0.25, 0.3) is 0 Å². The Kier molecular flexibility index (Phi) is 3.07. The van der Waals surface area contributed by atoms with E-state index in [2.05, 4.69) is 13.5 Å². The first-order valence-electron chi connectivity index (χ1n) is 3.98. The van der Waals surface area contributed by atoms with Crippen LogP contribution in [0.25, 0.3) is 0 Å². The van der Waals surface area contributed by atoms with E-state index in [9.17, 15) is 4.39 Å². The largest absolute Gasteiger partial charge is 0.497 e. The molecular formula is C11H12FO. The van der Waals surface area contributed by atoms with Crippen molar-refractivity contribution < 1.29 is 9.13 Å². The van der Waals surface area contributed by atoms with Crippen LogP contribution in [0.3, 0.4) is 0 Å². The summed E-state index contributed by atoms with van der Waals surface area (Å²) in [5.74, 6) is 0.114. The summed E-state index contributed by atoms with van der Waals surface area (Å²) in [5, 5.41) is 0. The molecule has 1 radical (unpaired) electrons. The van der Waals surface area contributed by atoms with E-state index in [0.717, 1.165) is 0 Å². The third kappa shape index (κ3) is 2.08. The van der Waals surface area contributed by atoms with Crippen molar-refractivity contribution >= 4 is 0 Å². The molecule has 0 fully saturated rings. The number of rotatable bonds is 3. The normalized spacial score (nSPS) is 12.2. The van der Waals surface area contributed by atoms with E-state index in [4.69, 9.17) is 4.74 Å².